The first-order chi connectivity index (χ1) is 4.47. The Bertz CT molecular complexity index is 285. The van der Waals surface area contributed by atoms with Crippen LogP contribution in [0.1, 0.15) is 0 Å². The summed E-state index contributed by atoms with van der Waals surface area (Å²) in [6.45, 7) is 0. The van der Waals surface area contributed by atoms with Crippen LogP contribution in [0.15, 0.2) is 24.1 Å². The molecule has 2 heterocycles. The summed E-state index contributed by atoms with van der Waals surface area (Å²) in [5, 5.41) is 8.06. The van der Waals surface area contributed by atoms with Crippen LogP contribution in [0.2, 0.25) is 0 Å². The maximum Gasteiger partial charge on any atom is 0.0696 e. The molecule has 3 heteroatoms. The molecule has 0 aromatic carbocycles. The molecule has 0 amide bonds. The molecular weight excluding hydrogens is 131 g/mol. The first-order valence-electron chi connectivity index (χ1n) is 2.71. The van der Waals surface area contributed by atoms with Gasteiger partial charge in [-0.1, -0.05) is 14.3 Å². The fourth-order valence-electron chi connectivity index (χ4n) is 0.778. The first-order valence-corrected chi connectivity index (χ1v) is 3.67. The van der Waals surface area contributed by atoms with E-state index in [2.05, 4.69) is 16.0 Å². The van der Waals surface area contributed by atoms with Crippen LogP contribution in [0.5, 0.6) is 0 Å². The van der Waals surface area contributed by atoms with E-state index in [1.54, 1.807) is 0 Å². The molecule has 0 fully saturated rings. The van der Waals surface area contributed by atoms with Gasteiger partial charge in [0.1, 0.15) is 0 Å². The average Bonchev–Trinajstić information content (AvgIpc) is 2.33. The van der Waals surface area contributed by atoms with E-state index in [9.17, 15) is 0 Å². The third-order valence-electron chi connectivity index (χ3n) is 1.21. The largest absolute Gasteiger partial charge is 0.277 e. The summed E-state index contributed by atoms with van der Waals surface area (Å²) in [5.41, 5.74) is 1.14. The van der Waals surface area contributed by atoms with Gasteiger partial charge in [0.05, 0.1) is 11.7 Å². The van der Waals surface area contributed by atoms with Crippen LogP contribution < -0.4 is 0 Å². The van der Waals surface area contributed by atoms with Gasteiger partial charge in [0.2, 0.25) is 0 Å². The molecule has 9 heavy (non-hydrogen) atoms. The Labute approximate surface area is 54.0 Å². The molecule has 0 aliphatic rings. The van der Waals surface area contributed by atoms with Crippen LogP contribution in [-0.2, 0) is 0 Å². The third-order valence-corrected chi connectivity index (χ3v) is 2.17. The summed E-state index contributed by atoms with van der Waals surface area (Å²) >= 11 is 0. The van der Waals surface area contributed by atoms with E-state index in [0.29, 0.717) is 0 Å². The lowest BCUT2D eigenvalue weighted by atomic mass is 10.5. The van der Waals surface area contributed by atoms with Gasteiger partial charge in [0, 0.05) is 5.12 Å². The molecule has 2 aromatic heterocycles. The van der Waals surface area contributed by atoms with Crippen molar-refractivity contribution in [1.29, 1.82) is 0 Å². The third kappa shape index (κ3) is 0.718. The van der Waals surface area contributed by atoms with Gasteiger partial charge in [0.25, 0.3) is 0 Å². The summed E-state index contributed by atoms with van der Waals surface area (Å²) in [7, 11) is 1.24. The standard InChI is InChI=1S/C6H5N2P/c1-2-5-6(9-3-1)4-7-8-5/h1-4H,(H,7,8). The van der Waals surface area contributed by atoms with Crippen LogP contribution in [0.25, 0.3) is 10.6 Å². The van der Waals surface area contributed by atoms with Crippen molar-refractivity contribution < 1.29 is 0 Å². The molecule has 0 saturated carbocycles. The lowest BCUT2D eigenvalue weighted by Crippen LogP contribution is -1.61. The number of hydrogen-bond donors (Lipinski definition) is 1. The topological polar surface area (TPSA) is 28.7 Å². The molecule has 1 N–H and O–H groups in total. The van der Waals surface area contributed by atoms with Gasteiger partial charge < -0.3 is 0 Å². The van der Waals surface area contributed by atoms with Crippen LogP contribution in [0.3, 0.4) is 0 Å². The number of nitrogens with one attached hydrogen (secondary N) is 1. The highest BCUT2D eigenvalue weighted by molar-refractivity contribution is 7.35. The van der Waals surface area contributed by atoms with Gasteiger partial charge in [-0.2, -0.15) is 5.10 Å². The van der Waals surface area contributed by atoms with Crippen LogP contribution in [0.4, 0.5) is 0 Å². The fraction of sp³-hybridized carbons (Fsp3) is 0. The molecule has 44 valence electrons. The number of fused-ring (bicyclic) bond motifs is 1. The molecule has 0 unspecified atom stereocenters. The molecule has 0 saturated heterocycles. The quantitative estimate of drug-likeness (QED) is 0.590. The van der Waals surface area contributed by atoms with E-state index >= 15 is 0 Å². The van der Waals surface area contributed by atoms with E-state index in [-0.39, 0.29) is 0 Å². The van der Waals surface area contributed by atoms with Gasteiger partial charge >= 0.3 is 0 Å². The predicted octanol–water partition coefficient (Wildman–Crippen LogP) is 2.14. The van der Waals surface area contributed by atoms with Gasteiger partial charge in [-0.05, 0) is 11.9 Å². The second kappa shape index (κ2) is 1.82. The molecule has 0 bridgehead atoms. The Morgan fingerprint density at radius 3 is 3.44 bits per heavy atom. The number of aromatic amines is 1. The van der Waals surface area contributed by atoms with Crippen LogP contribution in [0, 0.1) is 0 Å². The SMILES string of the molecule is c1cpc2cn[nH]c2c1. The number of aromatic nitrogens is 2. The first kappa shape index (κ1) is 4.95. The molecule has 0 radical (unpaired) electrons. The highest BCUT2D eigenvalue weighted by Gasteiger charge is 1.88. The number of H-pyrrole nitrogens is 1. The number of nitrogens with zero attached hydrogens (tertiary/aromatic N) is 1. The number of rotatable bonds is 0. The van der Waals surface area contributed by atoms with Crippen molar-refractivity contribution in [3.05, 3.63) is 24.1 Å². The van der Waals surface area contributed by atoms with Gasteiger partial charge in [0.15, 0.2) is 0 Å². The van der Waals surface area contributed by atoms with Crippen molar-refractivity contribution >= 4 is 18.8 Å². The second-order valence-corrected chi connectivity index (χ2v) is 2.84. The molecular formula is C6H5N2P. The maximum absolute atomic E-state index is 3.90. The van der Waals surface area contributed by atoms with E-state index in [1.807, 2.05) is 18.3 Å². The number of hydrogen-bond acceptors (Lipinski definition) is 1. The Morgan fingerprint density at radius 1 is 1.56 bits per heavy atom. The summed E-state index contributed by atoms with van der Waals surface area (Å²) in [4.78, 5) is 0. The van der Waals surface area contributed by atoms with Crippen LogP contribution in [-0.4, -0.2) is 10.2 Å². The lowest BCUT2D eigenvalue weighted by molar-refractivity contribution is 1.12. The average molecular weight is 136 g/mol. The summed E-state index contributed by atoms with van der Waals surface area (Å²) < 4.78 is 0. The van der Waals surface area contributed by atoms with E-state index < -0.39 is 0 Å². The monoisotopic (exact) mass is 136 g/mol. The lowest BCUT2D eigenvalue weighted by Gasteiger charge is -1.80. The maximum atomic E-state index is 3.90. The van der Waals surface area contributed by atoms with E-state index in [4.69, 9.17) is 0 Å². The van der Waals surface area contributed by atoms with Crippen molar-refractivity contribution in [2.75, 3.05) is 0 Å². The van der Waals surface area contributed by atoms with E-state index in [1.165, 1.54) is 13.3 Å². The molecule has 2 aromatic rings. The molecule has 0 aliphatic carbocycles. The second-order valence-electron chi connectivity index (χ2n) is 1.81. The Morgan fingerprint density at radius 2 is 2.56 bits per heavy atom. The zero-order chi connectivity index (χ0) is 6.10. The van der Waals surface area contributed by atoms with Crippen molar-refractivity contribution in [3.8, 4) is 0 Å². The molecule has 0 aliphatic heterocycles. The van der Waals surface area contributed by atoms with Gasteiger partial charge in [-0.25, -0.2) is 0 Å². The summed E-state index contributed by atoms with van der Waals surface area (Å²) in [5.74, 6) is 2.10. The van der Waals surface area contributed by atoms with Crippen LogP contribution >= 0.6 is 8.19 Å². The van der Waals surface area contributed by atoms with Crippen molar-refractivity contribution in [2.45, 2.75) is 0 Å². The molecule has 0 spiro atoms. The Hall–Kier alpha value is -0.880. The van der Waals surface area contributed by atoms with Gasteiger partial charge in [-0.3, -0.25) is 5.10 Å². The highest BCUT2D eigenvalue weighted by Crippen LogP contribution is 2.18. The smallest absolute Gasteiger partial charge is 0.0696 e. The molecule has 0 atom stereocenters. The minimum atomic E-state index is 1.14. The van der Waals surface area contributed by atoms with E-state index in [0.717, 1.165) is 5.52 Å². The van der Waals surface area contributed by atoms with Gasteiger partial charge in [-0.15, -0.1) is 0 Å². The molecule has 2 rings (SSSR count). The fourth-order valence-corrected chi connectivity index (χ4v) is 1.50. The zero-order valence-electron chi connectivity index (χ0n) is 4.70. The predicted molar refractivity (Wildman–Crippen MR) is 38.6 cm³/mol. The van der Waals surface area contributed by atoms with Crippen molar-refractivity contribution in [3.63, 3.8) is 0 Å². The highest BCUT2D eigenvalue weighted by atomic mass is 31.0. The van der Waals surface area contributed by atoms with Crippen molar-refractivity contribution in [2.24, 2.45) is 0 Å². The zero-order valence-corrected chi connectivity index (χ0v) is 5.60. The van der Waals surface area contributed by atoms with Crippen molar-refractivity contribution in [1.82, 2.24) is 10.2 Å². The minimum absolute atomic E-state index is 1.14. The minimum Gasteiger partial charge on any atom is -0.277 e. The Kier molecular flexibility index (Phi) is 0.998. The summed E-state index contributed by atoms with van der Waals surface area (Å²) in [6.07, 6.45) is 1.86. The summed E-state index contributed by atoms with van der Waals surface area (Å²) in [6, 6.07) is 4.06. The Balaban J connectivity index is 2.95. The normalized spacial score (nSPS) is 11.1. The molecule has 2 nitrogen and oxygen atoms in total.